The molecule has 1 aliphatic carbocycles. The minimum absolute atomic E-state index is 0.0268. The van der Waals surface area contributed by atoms with E-state index in [1.54, 1.807) is 7.11 Å². The third kappa shape index (κ3) is 3.77. The zero-order valence-electron chi connectivity index (χ0n) is 20.2. The van der Waals surface area contributed by atoms with Crippen molar-refractivity contribution in [1.29, 1.82) is 5.41 Å². The molecule has 4 aromatic rings. The highest BCUT2D eigenvalue weighted by Crippen LogP contribution is 2.55. The Bertz CT molecular complexity index is 1430. The van der Waals surface area contributed by atoms with Gasteiger partial charge in [-0.3, -0.25) is 5.41 Å². The lowest BCUT2D eigenvalue weighted by Gasteiger charge is -2.39. The average molecular weight is 476 g/mol. The van der Waals surface area contributed by atoms with Gasteiger partial charge in [-0.2, -0.15) is 0 Å². The summed E-state index contributed by atoms with van der Waals surface area (Å²) in [5.74, 6) is 2.08. The maximum atomic E-state index is 7.98. The Kier molecular flexibility index (Phi) is 5.61. The van der Waals surface area contributed by atoms with Crippen LogP contribution in [0.3, 0.4) is 0 Å². The maximum absolute atomic E-state index is 7.98. The van der Waals surface area contributed by atoms with E-state index in [9.17, 15) is 0 Å². The van der Waals surface area contributed by atoms with E-state index >= 15 is 0 Å². The third-order valence-corrected chi connectivity index (χ3v) is 7.50. The number of para-hydroxylation sites is 1. The number of nitrogens with two attached hydrogens (primary N) is 1. The van der Waals surface area contributed by atoms with Crippen molar-refractivity contribution in [2.45, 2.75) is 25.0 Å². The van der Waals surface area contributed by atoms with Crippen molar-refractivity contribution >= 4 is 11.5 Å². The lowest BCUT2D eigenvalue weighted by molar-refractivity contribution is 0.276. The van der Waals surface area contributed by atoms with Gasteiger partial charge in [-0.25, -0.2) is 0 Å². The molecule has 36 heavy (non-hydrogen) atoms. The molecule has 2 aliphatic rings. The molecule has 5 nitrogen and oxygen atoms in total. The third-order valence-electron chi connectivity index (χ3n) is 7.50. The number of hydrogen-bond donors (Lipinski definition) is 3. The maximum Gasteiger partial charge on any atom is 0.166 e. The molecule has 4 aromatic carbocycles. The molecule has 3 unspecified atom stereocenters. The molecule has 1 heterocycles. The summed E-state index contributed by atoms with van der Waals surface area (Å²) in [6.45, 7) is 0.466. The Morgan fingerprint density at radius 2 is 1.69 bits per heavy atom. The number of hydrogen-bond acceptors (Lipinski definition) is 4. The van der Waals surface area contributed by atoms with Gasteiger partial charge in [-0.05, 0) is 58.9 Å². The monoisotopic (exact) mass is 475 g/mol. The van der Waals surface area contributed by atoms with Gasteiger partial charge in [0.1, 0.15) is 12.4 Å². The number of benzene rings is 4. The number of nitrogen functional groups attached to an aromatic ring is 1. The molecule has 5 heteroatoms. The Morgan fingerprint density at radius 3 is 2.50 bits per heavy atom. The van der Waals surface area contributed by atoms with Crippen LogP contribution in [-0.2, 0) is 13.0 Å². The van der Waals surface area contributed by atoms with Crippen LogP contribution in [0.5, 0.6) is 11.5 Å². The van der Waals surface area contributed by atoms with E-state index in [0.717, 1.165) is 40.3 Å². The average Bonchev–Trinajstić information content (AvgIpc) is 3.31. The molecular formula is C31H29N3O2. The van der Waals surface area contributed by atoms with Gasteiger partial charge in [-0.15, -0.1) is 0 Å². The van der Waals surface area contributed by atoms with Crippen molar-refractivity contribution in [3.8, 4) is 11.5 Å². The molecule has 4 N–H and O–H groups in total. The summed E-state index contributed by atoms with van der Waals surface area (Å²) >= 11 is 0. The molecule has 0 radical (unpaired) electrons. The highest BCUT2D eigenvalue weighted by Gasteiger charge is 2.44. The number of rotatable bonds is 6. The number of fused-ring (bicyclic) bond motifs is 5. The second-order valence-corrected chi connectivity index (χ2v) is 9.54. The van der Waals surface area contributed by atoms with Crippen LogP contribution in [0, 0.1) is 11.3 Å². The molecule has 180 valence electrons. The molecular weight excluding hydrogens is 446 g/mol. The van der Waals surface area contributed by atoms with Crippen molar-refractivity contribution in [1.82, 2.24) is 0 Å². The first-order valence-electron chi connectivity index (χ1n) is 12.3. The van der Waals surface area contributed by atoms with Crippen molar-refractivity contribution in [2.24, 2.45) is 11.7 Å². The SMILES string of the molecule is COc1cccc(C2Nc3ccc(C(=N)N)cc3C3c4ccccc4CC23)c1OCc1ccccc1. The fourth-order valence-corrected chi connectivity index (χ4v) is 5.86. The molecule has 1 aliphatic heterocycles. The predicted molar refractivity (Wildman–Crippen MR) is 143 cm³/mol. The minimum atomic E-state index is 0.0268. The van der Waals surface area contributed by atoms with E-state index in [1.807, 2.05) is 36.4 Å². The lowest BCUT2D eigenvalue weighted by atomic mass is 9.75. The van der Waals surface area contributed by atoms with Crippen LogP contribution >= 0.6 is 0 Å². The van der Waals surface area contributed by atoms with Crippen LogP contribution in [0.1, 0.15) is 45.3 Å². The van der Waals surface area contributed by atoms with E-state index < -0.39 is 0 Å². The molecule has 3 atom stereocenters. The largest absolute Gasteiger partial charge is 0.493 e. The molecule has 0 saturated carbocycles. The van der Waals surface area contributed by atoms with Gasteiger partial charge >= 0.3 is 0 Å². The Balaban J connectivity index is 1.45. The van der Waals surface area contributed by atoms with Crippen LogP contribution in [0.4, 0.5) is 5.69 Å². The number of methoxy groups -OCH3 is 1. The molecule has 6 rings (SSSR count). The summed E-state index contributed by atoms with van der Waals surface area (Å²) in [7, 11) is 1.69. The quantitative estimate of drug-likeness (QED) is 0.235. The number of ether oxygens (including phenoxy) is 2. The van der Waals surface area contributed by atoms with Crippen molar-refractivity contribution in [3.05, 3.63) is 124 Å². The minimum Gasteiger partial charge on any atom is -0.493 e. The molecule has 0 bridgehead atoms. The second kappa shape index (κ2) is 9.08. The van der Waals surface area contributed by atoms with E-state index in [4.69, 9.17) is 20.6 Å². The fraction of sp³-hybridized carbons (Fsp3) is 0.194. The van der Waals surface area contributed by atoms with Gasteiger partial charge in [0, 0.05) is 22.7 Å². The first kappa shape index (κ1) is 22.2. The van der Waals surface area contributed by atoms with E-state index in [0.29, 0.717) is 6.61 Å². The van der Waals surface area contributed by atoms with Gasteiger partial charge in [0.25, 0.3) is 0 Å². The summed E-state index contributed by atoms with van der Waals surface area (Å²) in [4.78, 5) is 0. The predicted octanol–water partition coefficient (Wildman–Crippen LogP) is 6.03. The topological polar surface area (TPSA) is 80.4 Å². The lowest BCUT2D eigenvalue weighted by Crippen LogP contribution is -2.31. The Labute approximate surface area is 211 Å². The first-order chi connectivity index (χ1) is 17.6. The summed E-state index contributed by atoms with van der Waals surface area (Å²) in [6.07, 6.45) is 0.956. The molecule has 0 aromatic heterocycles. The molecule has 0 spiro atoms. The fourth-order valence-electron chi connectivity index (χ4n) is 5.86. The normalized spacial score (nSPS) is 19.4. The Hall–Kier alpha value is -4.25. The molecule has 0 saturated heterocycles. The first-order valence-corrected chi connectivity index (χ1v) is 12.3. The van der Waals surface area contributed by atoms with Crippen LogP contribution < -0.4 is 20.5 Å². The van der Waals surface area contributed by atoms with Crippen LogP contribution in [-0.4, -0.2) is 12.9 Å². The second-order valence-electron chi connectivity index (χ2n) is 9.54. The van der Waals surface area contributed by atoms with E-state index in [-0.39, 0.29) is 23.7 Å². The number of anilines is 1. The zero-order valence-corrected chi connectivity index (χ0v) is 20.2. The standard InChI is InChI=1S/C31H29N3O2/c1-35-27-13-7-12-23(30(27)36-18-19-8-3-2-4-9-19)29-25-16-20-10-5-6-11-22(20)28(25)24-17-21(31(32)33)14-15-26(24)34-29/h2-15,17,25,28-29,34H,16,18H2,1H3,(H3,32,33). The van der Waals surface area contributed by atoms with Gasteiger partial charge in [-0.1, -0.05) is 66.7 Å². The summed E-state index contributed by atoms with van der Waals surface area (Å²) < 4.78 is 12.2. The summed E-state index contributed by atoms with van der Waals surface area (Å²) in [6, 6.07) is 31.1. The van der Waals surface area contributed by atoms with Gasteiger partial charge in [0.05, 0.1) is 13.2 Å². The summed E-state index contributed by atoms with van der Waals surface area (Å²) in [5, 5.41) is 11.8. The smallest absolute Gasteiger partial charge is 0.166 e. The van der Waals surface area contributed by atoms with Crippen LogP contribution in [0.2, 0.25) is 0 Å². The van der Waals surface area contributed by atoms with Crippen molar-refractivity contribution in [2.75, 3.05) is 12.4 Å². The molecule has 0 fully saturated rings. The van der Waals surface area contributed by atoms with Crippen molar-refractivity contribution < 1.29 is 9.47 Å². The Morgan fingerprint density at radius 1 is 0.917 bits per heavy atom. The van der Waals surface area contributed by atoms with Gasteiger partial charge < -0.3 is 20.5 Å². The van der Waals surface area contributed by atoms with Gasteiger partial charge in [0.15, 0.2) is 11.5 Å². The molecule has 0 amide bonds. The van der Waals surface area contributed by atoms with Crippen molar-refractivity contribution in [3.63, 3.8) is 0 Å². The highest BCUT2D eigenvalue weighted by molar-refractivity contribution is 5.95. The van der Waals surface area contributed by atoms with Gasteiger partial charge in [0.2, 0.25) is 0 Å². The zero-order chi connectivity index (χ0) is 24.6. The summed E-state index contributed by atoms with van der Waals surface area (Å²) in [5.41, 5.74) is 13.8. The number of nitrogens with one attached hydrogen (secondary N) is 2. The number of amidine groups is 1. The van der Waals surface area contributed by atoms with E-state index in [1.165, 1.54) is 16.7 Å². The van der Waals surface area contributed by atoms with Crippen LogP contribution in [0.15, 0.2) is 91.0 Å². The van der Waals surface area contributed by atoms with Crippen LogP contribution in [0.25, 0.3) is 0 Å². The van der Waals surface area contributed by atoms with E-state index in [2.05, 4.69) is 59.9 Å². The highest BCUT2D eigenvalue weighted by atomic mass is 16.5.